The van der Waals surface area contributed by atoms with E-state index in [4.69, 9.17) is 0 Å². The molecule has 0 aromatic heterocycles. The third kappa shape index (κ3) is 5.95. The van der Waals surface area contributed by atoms with E-state index >= 15 is 0 Å². The Bertz CT molecular complexity index is 650. The maximum atomic E-state index is 12.1. The molecule has 0 spiro atoms. The van der Waals surface area contributed by atoms with E-state index < -0.39 is 0 Å². The van der Waals surface area contributed by atoms with Crippen molar-refractivity contribution in [2.24, 2.45) is 0 Å². The molecule has 0 atom stereocenters. The van der Waals surface area contributed by atoms with Crippen LogP contribution in [0.25, 0.3) is 6.08 Å². The predicted octanol–water partition coefficient (Wildman–Crippen LogP) is 5.20. The van der Waals surface area contributed by atoms with Crippen LogP contribution in [0.3, 0.4) is 0 Å². The maximum Gasteiger partial charge on any atom is 0.234 e. The molecule has 3 heteroatoms. The van der Waals surface area contributed by atoms with Crippen molar-refractivity contribution >= 4 is 29.4 Å². The molecule has 120 valence electrons. The van der Waals surface area contributed by atoms with Crippen molar-refractivity contribution < 1.29 is 4.79 Å². The highest BCUT2D eigenvalue weighted by molar-refractivity contribution is 8.00. The van der Waals surface area contributed by atoms with Crippen LogP contribution in [0.1, 0.15) is 30.9 Å². The Morgan fingerprint density at radius 2 is 1.78 bits per heavy atom. The fourth-order valence-electron chi connectivity index (χ4n) is 2.27. The highest BCUT2D eigenvalue weighted by atomic mass is 32.2. The highest BCUT2D eigenvalue weighted by Gasteiger charge is 2.08. The molecule has 2 rings (SSSR count). The van der Waals surface area contributed by atoms with E-state index in [0.29, 0.717) is 11.7 Å². The molecule has 0 aliphatic rings. The van der Waals surface area contributed by atoms with Crippen LogP contribution in [0.4, 0.5) is 5.69 Å². The molecule has 2 nitrogen and oxygen atoms in total. The average molecular weight is 325 g/mol. The van der Waals surface area contributed by atoms with Gasteiger partial charge < -0.3 is 5.32 Å². The molecule has 0 radical (unpaired) electrons. The lowest BCUT2D eigenvalue weighted by Gasteiger charge is -2.13. The predicted molar refractivity (Wildman–Crippen MR) is 102 cm³/mol. The van der Waals surface area contributed by atoms with Gasteiger partial charge in [-0.25, -0.2) is 0 Å². The lowest BCUT2D eigenvalue weighted by atomic mass is 10.0. The standard InChI is InChI=1S/C20H23NOS/c1-16(2)18-12-6-7-13-19(18)21-20(22)15-23-14-8-11-17-9-4-3-5-10-17/h3-13,16H,14-15H2,1-2H3,(H,21,22)/b11-8+. The summed E-state index contributed by atoms with van der Waals surface area (Å²) in [5.74, 6) is 1.74. The fraction of sp³-hybridized carbons (Fsp3) is 0.250. The Balaban J connectivity index is 1.77. The number of thioether (sulfide) groups is 1. The summed E-state index contributed by atoms with van der Waals surface area (Å²) < 4.78 is 0. The van der Waals surface area contributed by atoms with E-state index in [2.05, 4.69) is 49.5 Å². The second kappa shape index (κ2) is 9.21. The number of benzene rings is 2. The molecule has 0 aliphatic heterocycles. The number of hydrogen-bond acceptors (Lipinski definition) is 2. The van der Waals surface area contributed by atoms with Gasteiger partial charge >= 0.3 is 0 Å². The monoisotopic (exact) mass is 325 g/mol. The molecule has 0 saturated heterocycles. The van der Waals surface area contributed by atoms with Gasteiger partial charge in [-0.1, -0.05) is 74.5 Å². The van der Waals surface area contributed by atoms with Gasteiger partial charge in [-0.3, -0.25) is 4.79 Å². The van der Waals surface area contributed by atoms with Gasteiger partial charge in [0.25, 0.3) is 0 Å². The second-order valence-electron chi connectivity index (χ2n) is 5.62. The van der Waals surface area contributed by atoms with Gasteiger partial charge in [0.05, 0.1) is 5.75 Å². The summed E-state index contributed by atoms with van der Waals surface area (Å²) in [6.45, 7) is 4.27. The number of anilines is 1. The van der Waals surface area contributed by atoms with E-state index in [1.165, 1.54) is 11.1 Å². The van der Waals surface area contributed by atoms with Crippen LogP contribution >= 0.6 is 11.8 Å². The minimum Gasteiger partial charge on any atom is -0.325 e. The third-order valence-electron chi connectivity index (χ3n) is 3.41. The minimum atomic E-state index is 0.0520. The van der Waals surface area contributed by atoms with Gasteiger partial charge in [0, 0.05) is 11.4 Å². The van der Waals surface area contributed by atoms with Crippen molar-refractivity contribution in [2.45, 2.75) is 19.8 Å². The zero-order valence-corrected chi connectivity index (χ0v) is 14.5. The molecule has 1 N–H and O–H groups in total. The number of amides is 1. The molecule has 0 fully saturated rings. The average Bonchev–Trinajstić information content (AvgIpc) is 2.56. The number of carbonyl (C=O) groups excluding carboxylic acids is 1. The summed E-state index contributed by atoms with van der Waals surface area (Å²) in [5, 5.41) is 3.02. The lowest BCUT2D eigenvalue weighted by molar-refractivity contribution is -0.113. The summed E-state index contributed by atoms with van der Waals surface area (Å²) in [7, 11) is 0. The quantitative estimate of drug-likeness (QED) is 0.709. The minimum absolute atomic E-state index is 0.0520. The Labute approximate surface area is 143 Å². The maximum absolute atomic E-state index is 12.1. The normalized spacial score (nSPS) is 11.1. The van der Waals surface area contributed by atoms with Crippen LogP contribution in [-0.4, -0.2) is 17.4 Å². The molecule has 0 aliphatic carbocycles. The smallest absolute Gasteiger partial charge is 0.234 e. The molecule has 2 aromatic carbocycles. The summed E-state index contributed by atoms with van der Waals surface area (Å²) in [6.07, 6.45) is 4.17. The zero-order valence-electron chi connectivity index (χ0n) is 13.7. The van der Waals surface area contributed by atoms with Gasteiger partial charge in [-0.05, 0) is 23.1 Å². The first-order valence-electron chi connectivity index (χ1n) is 7.85. The van der Waals surface area contributed by atoms with Crippen LogP contribution < -0.4 is 5.32 Å². The first-order valence-corrected chi connectivity index (χ1v) is 9.00. The van der Waals surface area contributed by atoms with Crippen LogP contribution in [0.15, 0.2) is 60.7 Å². The summed E-state index contributed by atoms with van der Waals surface area (Å²) in [5.41, 5.74) is 3.28. The molecule has 23 heavy (non-hydrogen) atoms. The van der Waals surface area contributed by atoms with Crippen molar-refractivity contribution in [2.75, 3.05) is 16.8 Å². The molecular formula is C20H23NOS. The van der Waals surface area contributed by atoms with Crippen molar-refractivity contribution in [3.63, 3.8) is 0 Å². The summed E-state index contributed by atoms with van der Waals surface area (Å²) in [4.78, 5) is 12.1. The van der Waals surface area contributed by atoms with Crippen LogP contribution in [0.2, 0.25) is 0 Å². The number of rotatable bonds is 7. The van der Waals surface area contributed by atoms with Gasteiger partial charge in [0.15, 0.2) is 0 Å². The third-order valence-corrected chi connectivity index (χ3v) is 4.31. The van der Waals surface area contributed by atoms with Gasteiger partial charge in [0.2, 0.25) is 5.91 Å². The lowest BCUT2D eigenvalue weighted by Crippen LogP contribution is -2.15. The first-order chi connectivity index (χ1) is 11.2. The zero-order chi connectivity index (χ0) is 16.5. The SMILES string of the molecule is CC(C)c1ccccc1NC(=O)CSC/C=C/c1ccccc1. The number of hydrogen-bond donors (Lipinski definition) is 1. The largest absolute Gasteiger partial charge is 0.325 e. The summed E-state index contributed by atoms with van der Waals surface area (Å²) in [6, 6.07) is 18.2. The van der Waals surface area contributed by atoms with Gasteiger partial charge in [-0.15, -0.1) is 11.8 Å². The molecule has 0 saturated carbocycles. The Morgan fingerprint density at radius 3 is 2.52 bits per heavy atom. The highest BCUT2D eigenvalue weighted by Crippen LogP contribution is 2.23. The van der Waals surface area contributed by atoms with Gasteiger partial charge in [0.1, 0.15) is 0 Å². The topological polar surface area (TPSA) is 29.1 Å². The molecule has 2 aromatic rings. The Morgan fingerprint density at radius 1 is 1.09 bits per heavy atom. The van der Waals surface area contributed by atoms with E-state index in [1.807, 2.05) is 36.4 Å². The Kier molecular flexibility index (Phi) is 6.95. The van der Waals surface area contributed by atoms with E-state index in [1.54, 1.807) is 11.8 Å². The summed E-state index contributed by atoms with van der Waals surface area (Å²) >= 11 is 1.62. The van der Waals surface area contributed by atoms with Crippen LogP contribution in [0.5, 0.6) is 0 Å². The number of nitrogens with one attached hydrogen (secondary N) is 1. The van der Waals surface area contributed by atoms with E-state index in [-0.39, 0.29) is 5.91 Å². The molecular weight excluding hydrogens is 302 g/mol. The van der Waals surface area contributed by atoms with E-state index in [9.17, 15) is 4.79 Å². The van der Waals surface area contributed by atoms with Gasteiger partial charge in [-0.2, -0.15) is 0 Å². The van der Waals surface area contributed by atoms with Crippen molar-refractivity contribution in [3.8, 4) is 0 Å². The second-order valence-corrected chi connectivity index (χ2v) is 6.65. The molecule has 0 bridgehead atoms. The van der Waals surface area contributed by atoms with E-state index in [0.717, 1.165) is 11.4 Å². The Hall–Kier alpha value is -2.00. The fourth-order valence-corrected chi connectivity index (χ4v) is 2.88. The van der Waals surface area contributed by atoms with Crippen molar-refractivity contribution in [1.82, 2.24) is 0 Å². The number of para-hydroxylation sites is 1. The molecule has 0 unspecified atom stereocenters. The number of carbonyl (C=O) groups is 1. The molecule has 0 heterocycles. The molecule has 1 amide bonds. The van der Waals surface area contributed by atoms with Crippen molar-refractivity contribution in [3.05, 3.63) is 71.8 Å². The van der Waals surface area contributed by atoms with Crippen molar-refractivity contribution in [1.29, 1.82) is 0 Å². The van der Waals surface area contributed by atoms with Crippen LogP contribution in [-0.2, 0) is 4.79 Å². The first kappa shape index (κ1) is 17.4. The van der Waals surface area contributed by atoms with Crippen LogP contribution in [0, 0.1) is 0 Å².